The van der Waals surface area contributed by atoms with Crippen molar-refractivity contribution in [3.8, 4) is 11.4 Å². The van der Waals surface area contributed by atoms with Crippen LogP contribution in [0.5, 0.6) is 0 Å². The molecule has 3 aromatic rings. The van der Waals surface area contributed by atoms with Crippen LogP contribution in [0.4, 0.5) is 0 Å². The van der Waals surface area contributed by atoms with Crippen molar-refractivity contribution in [2.24, 2.45) is 0 Å². The maximum atomic E-state index is 12.0. The minimum atomic E-state index is -0.217. The molecular weight excluding hydrogens is 268 g/mol. The number of nitrogens with one attached hydrogen (secondary N) is 1. The lowest BCUT2D eigenvalue weighted by atomic mass is 10.1. The molecule has 0 saturated carbocycles. The standard InChI is InChI=1S/C15H14N4O2/c1-9-8-13-15(20)16-14(18-19(13)17-9)12-6-4-11(5-7-12)10(2)21-3/h4-8H,2H2,1,3H3,(H,16,18,20). The number of rotatable bonds is 3. The Bertz CT molecular complexity index is 875. The number of ether oxygens (including phenoxy) is 1. The predicted octanol–water partition coefficient (Wildman–Crippen LogP) is 2.01. The van der Waals surface area contributed by atoms with E-state index in [1.54, 1.807) is 13.2 Å². The Morgan fingerprint density at radius 1 is 1.29 bits per heavy atom. The molecule has 0 aliphatic carbocycles. The summed E-state index contributed by atoms with van der Waals surface area (Å²) in [6, 6.07) is 9.11. The van der Waals surface area contributed by atoms with Crippen molar-refractivity contribution in [1.82, 2.24) is 19.8 Å². The fourth-order valence-corrected chi connectivity index (χ4v) is 2.07. The highest BCUT2D eigenvalue weighted by atomic mass is 16.5. The Hall–Kier alpha value is -2.89. The van der Waals surface area contributed by atoms with Crippen molar-refractivity contribution in [3.63, 3.8) is 0 Å². The van der Waals surface area contributed by atoms with E-state index in [4.69, 9.17) is 4.74 Å². The number of aromatic amines is 1. The Morgan fingerprint density at radius 3 is 2.67 bits per heavy atom. The number of H-pyrrole nitrogens is 1. The molecule has 0 unspecified atom stereocenters. The first-order valence-corrected chi connectivity index (χ1v) is 6.39. The lowest BCUT2D eigenvalue weighted by Crippen LogP contribution is -2.14. The van der Waals surface area contributed by atoms with Crippen LogP contribution in [0.1, 0.15) is 11.3 Å². The summed E-state index contributed by atoms with van der Waals surface area (Å²) in [5.74, 6) is 1.05. The van der Waals surface area contributed by atoms with Gasteiger partial charge >= 0.3 is 0 Å². The largest absolute Gasteiger partial charge is 0.497 e. The minimum Gasteiger partial charge on any atom is -0.497 e. The van der Waals surface area contributed by atoms with Crippen molar-refractivity contribution in [1.29, 1.82) is 0 Å². The fourth-order valence-electron chi connectivity index (χ4n) is 2.07. The highest BCUT2D eigenvalue weighted by Crippen LogP contribution is 2.18. The van der Waals surface area contributed by atoms with E-state index in [9.17, 15) is 4.79 Å². The van der Waals surface area contributed by atoms with Gasteiger partial charge in [0.05, 0.1) is 12.8 Å². The molecule has 0 aliphatic heterocycles. The monoisotopic (exact) mass is 282 g/mol. The molecule has 0 bridgehead atoms. The van der Waals surface area contributed by atoms with Gasteiger partial charge in [-0.05, 0) is 13.0 Å². The third-order valence-corrected chi connectivity index (χ3v) is 3.20. The summed E-state index contributed by atoms with van der Waals surface area (Å²) in [6.45, 7) is 5.61. The molecular formula is C15H14N4O2. The summed E-state index contributed by atoms with van der Waals surface area (Å²) in [6.07, 6.45) is 0. The van der Waals surface area contributed by atoms with E-state index in [0.29, 0.717) is 17.1 Å². The second-order valence-electron chi connectivity index (χ2n) is 4.67. The first-order chi connectivity index (χ1) is 10.1. The minimum absolute atomic E-state index is 0.217. The summed E-state index contributed by atoms with van der Waals surface area (Å²) in [5.41, 5.74) is 2.62. The van der Waals surface area contributed by atoms with E-state index < -0.39 is 0 Å². The Morgan fingerprint density at radius 2 is 2.00 bits per heavy atom. The summed E-state index contributed by atoms with van der Waals surface area (Å²) in [4.78, 5) is 14.8. The van der Waals surface area contributed by atoms with E-state index in [1.807, 2.05) is 31.2 Å². The number of aryl methyl sites for hydroxylation is 1. The number of aromatic nitrogens is 4. The molecule has 0 spiro atoms. The van der Waals surface area contributed by atoms with Crippen molar-refractivity contribution < 1.29 is 4.74 Å². The molecule has 0 amide bonds. The van der Waals surface area contributed by atoms with Crippen LogP contribution in [0.15, 0.2) is 41.7 Å². The topological polar surface area (TPSA) is 72.3 Å². The van der Waals surface area contributed by atoms with E-state index >= 15 is 0 Å². The van der Waals surface area contributed by atoms with Gasteiger partial charge in [-0.2, -0.15) is 5.10 Å². The van der Waals surface area contributed by atoms with E-state index in [-0.39, 0.29) is 5.56 Å². The predicted molar refractivity (Wildman–Crippen MR) is 79.8 cm³/mol. The van der Waals surface area contributed by atoms with Gasteiger partial charge in [0, 0.05) is 11.1 Å². The molecule has 0 atom stereocenters. The Balaban J connectivity index is 2.07. The maximum absolute atomic E-state index is 12.0. The molecule has 0 aliphatic rings. The van der Waals surface area contributed by atoms with Crippen molar-refractivity contribution in [2.45, 2.75) is 6.92 Å². The second kappa shape index (κ2) is 4.90. The van der Waals surface area contributed by atoms with Crippen molar-refractivity contribution in [3.05, 3.63) is 58.5 Å². The molecule has 1 N–H and O–H groups in total. The normalized spacial score (nSPS) is 10.8. The van der Waals surface area contributed by atoms with E-state index in [2.05, 4.69) is 21.8 Å². The molecule has 6 heteroatoms. The molecule has 0 saturated heterocycles. The highest BCUT2D eigenvalue weighted by Gasteiger charge is 2.08. The third-order valence-electron chi connectivity index (χ3n) is 3.20. The molecule has 6 nitrogen and oxygen atoms in total. The van der Waals surface area contributed by atoms with E-state index in [1.165, 1.54) is 4.63 Å². The quantitative estimate of drug-likeness (QED) is 0.746. The van der Waals surface area contributed by atoms with E-state index in [0.717, 1.165) is 16.8 Å². The third kappa shape index (κ3) is 2.31. The van der Waals surface area contributed by atoms with Crippen LogP contribution in [-0.2, 0) is 4.74 Å². The molecule has 21 heavy (non-hydrogen) atoms. The lowest BCUT2D eigenvalue weighted by molar-refractivity contribution is 0.371. The zero-order valence-corrected chi connectivity index (χ0v) is 11.8. The number of hydrogen-bond acceptors (Lipinski definition) is 4. The molecule has 1 aromatic carbocycles. The van der Waals surface area contributed by atoms with Crippen molar-refractivity contribution >= 4 is 11.3 Å². The Labute approximate surface area is 120 Å². The van der Waals surface area contributed by atoms with Crippen LogP contribution in [0, 0.1) is 6.92 Å². The number of nitrogens with zero attached hydrogens (tertiary/aromatic N) is 3. The van der Waals surface area contributed by atoms with Crippen molar-refractivity contribution in [2.75, 3.05) is 7.11 Å². The first kappa shape index (κ1) is 13.1. The maximum Gasteiger partial charge on any atom is 0.277 e. The van der Waals surface area contributed by atoms with Gasteiger partial charge in [-0.25, -0.2) is 0 Å². The summed E-state index contributed by atoms with van der Waals surface area (Å²) in [7, 11) is 1.57. The summed E-state index contributed by atoms with van der Waals surface area (Å²) < 4.78 is 6.43. The van der Waals surface area contributed by atoms with Crippen LogP contribution in [0.3, 0.4) is 0 Å². The van der Waals surface area contributed by atoms with Crippen LogP contribution in [0.25, 0.3) is 22.7 Å². The zero-order chi connectivity index (χ0) is 15.0. The highest BCUT2D eigenvalue weighted by molar-refractivity contribution is 5.63. The SMILES string of the molecule is C=C(OC)c1ccc(-c2nn3nc(C)cc3c(=O)[nH]2)cc1. The van der Waals surface area contributed by atoms with Gasteiger partial charge in [0.15, 0.2) is 11.3 Å². The number of benzene rings is 1. The molecule has 2 heterocycles. The number of methoxy groups -OCH3 is 1. The molecule has 106 valence electrons. The van der Waals surface area contributed by atoms with Gasteiger partial charge < -0.3 is 9.72 Å². The fraction of sp³-hybridized carbons (Fsp3) is 0.133. The molecule has 3 rings (SSSR count). The summed E-state index contributed by atoms with van der Waals surface area (Å²) >= 11 is 0. The van der Waals surface area contributed by atoms with Crippen LogP contribution in [-0.4, -0.2) is 26.9 Å². The van der Waals surface area contributed by atoms with Gasteiger partial charge in [-0.15, -0.1) is 9.73 Å². The Kier molecular flexibility index (Phi) is 3.06. The van der Waals surface area contributed by atoms with Crippen LogP contribution in [0.2, 0.25) is 0 Å². The smallest absolute Gasteiger partial charge is 0.277 e. The van der Waals surface area contributed by atoms with Gasteiger partial charge in [0.1, 0.15) is 5.76 Å². The summed E-state index contributed by atoms with van der Waals surface area (Å²) in [5, 5.41) is 8.49. The number of fused-ring (bicyclic) bond motifs is 1. The molecule has 2 aromatic heterocycles. The van der Waals surface area contributed by atoms with Gasteiger partial charge in [0.2, 0.25) is 0 Å². The molecule has 0 fully saturated rings. The van der Waals surface area contributed by atoms with Gasteiger partial charge in [-0.3, -0.25) is 4.79 Å². The zero-order valence-electron chi connectivity index (χ0n) is 11.8. The lowest BCUT2D eigenvalue weighted by Gasteiger charge is -2.05. The van der Waals surface area contributed by atoms with Gasteiger partial charge in [0.25, 0.3) is 5.56 Å². The second-order valence-corrected chi connectivity index (χ2v) is 4.67. The average molecular weight is 282 g/mol. The number of hydrogen-bond donors (Lipinski definition) is 1. The first-order valence-electron chi connectivity index (χ1n) is 6.39. The van der Waals surface area contributed by atoms with Crippen LogP contribution < -0.4 is 5.56 Å². The molecule has 0 radical (unpaired) electrons. The van der Waals surface area contributed by atoms with Gasteiger partial charge in [-0.1, -0.05) is 30.8 Å². The average Bonchev–Trinajstić information content (AvgIpc) is 2.87. The van der Waals surface area contributed by atoms with Crippen LogP contribution >= 0.6 is 0 Å².